The number of likely N-dealkylation sites (tertiary alicyclic amines) is 1. The molecule has 0 bridgehead atoms. The first-order chi connectivity index (χ1) is 9.67. The number of halogens is 1. The van der Waals surface area contributed by atoms with Gasteiger partial charge >= 0.3 is 5.97 Å². The van der Waals surface area contributed by atoms with E-state index in [0.29, 0.717) is 18.0 Å². The summed E-state index contributed by atoms with van der Waals surface area (Å²) in [6, 6.07) is 7.24. The molecule has 0 radical (unpaired) electrons. The zero-order valence-electron chi connectivity index (χ0n) is 12.5. The molecule has 0 aliphatic carbocycles. The topological polar surface area (TPSA) is 57.6 Å². The van der Waals surface area contributed by atoms with E-state index in [2.05, 4.69) is 0 Å². The third-order valence-electron chi connectivity index (χ3n) is 4.36. The van der Waals surface area contributed by atoms with E-state index in [1.54, 1.807) is 24.0 Å². The second-order valence-electron chi connectivity index (χ2n) is 6.48. The quantitative estimate of drug-likeness (QED) is 0.934. The molecule has 114 valence electrons. The molecule has 1 fully saturated rings. The maximum absolute atomic E-state index is 12.8. The zero-order valence-corrected chi connectivity index (χ0v) is 13.3. The van der Waals surface area contributed by atoms with E-state index in [1.807, 2.05) is 26.0 Å². The van der Waals surface area contributed by atoms with Crippen LogP contribution in [0.5, 0.6) is 0 Å². The Morgan fingerprint density at radius 2 is 2.05 bits per heavy atom. The summed E-state index contributed by atoms with van der Waals surface area (Å²) in [6.45, 7) is 6.11. The molecule has 1 aliphatic heterocycles. The molecule has 4 nitrogen and oxygen atoms in total. The molecule has 0 saturated carbocycles. The van der Waals surface area contributed by atoms with Crippen molar-refractivity contribution in [2.45, 2.75) is 32.6 Å². The smallest absolute Gasteiger partial charge is 0.311 e. The van der Waals surface area contributed by atoms with Crippen LogP contribution >= 0.6 is 11.6 Å². The normalized spacial score (nSPS) is 22.4. The van der Waals surface area contributed by atoms with Gasteiger partial charge in [0, 0.05) is 18.1 Å². The number of carbonyl (C=O) groups excluding carboxylic acids is 1. The summed E-state index contributed by atoms with van der Waals surface area (Å²) in [4.78, 5) is 25.7. The van der Waals surface area contributed by atoms with E-state index in [0.717, 1.165) is 5.56 Å². The highest BCUT2D eigenvalue weighted by Gasteiger charge is 2.45. The van der Waals surface area contributed by atoms with E-state index >= 15 is 0 Å². The summed E-state index contributed by atoms with van der Waals surface area (Å²) < 4.78 is 0. The number of carbonyl (C=O) groups is 2. The molecule has 1 aromatic rings. The molecule has 2 rings (SSSR count). The van der Waals surface area contributed by atoms with Gasteiger partial charge in [0.25, 0.3) is 0 Å². The number of amides is 1. The third-order valence-corrected chi connectivity index (χ3v) is 4.59. The summed E-state index contributed by atoms with van der Waals surface area (Å²) in [7, 11) is 0. The standard InChI is InChI=1S/C16H20ClNO3/c1-15(2,11-5-4-6-12(17)9-11)13(19)18-8-7-16(3,10-18)14(20)21/h4-6,9H,7-8,10H2,1-3H3,(H,20,21). The fourth-order valence-electron chi connectivity index (χ4n) is 2.70. The van der Waals surface area contributed by atoms with Crippen molar-refractivity contribution in [2.24, 2.45) is 5.41 Å². The van der Waals surface area contributed by atoms with Crippen LogP contribution < -0.4 is 0 Å². The van der Waals surface area contributed by atoms with E-state index < -0.39 is 16.8 Å². The van der Waals surface area contributed by atoms with Crippen LogP contribution in [-0.2, 0) is 15.0 Å². The van der Waals surface area contributed by atoms with Gasteiger partial charge in [0.2, 0.25) is 5.91 Å². The predicted molar refractivity (Wildman–Crippen MR) is 81.4 cm³/mol. The first kappa shape index (κ1) is 15.8. The van der Waals surface area contributed by atoms with Crippen LogP contribution in [0.1, 0.15) is 32.8 Å². The molecule has 1 unspecified atom stereocenters. The molecule has 1 aromatic carbocycles. The van der Waals surface area contributed by atoms with Crippen molar-refractivity contribution in [2.75, 3.05) is 13.1 Å². The zero-order chi connectivity index (χ0) is 15.8. The fraction of sp³-hybridized carbons (Fsp3) is 0.500. The molecule has 21 heavy (non-hydrogen) atoms. The first-order valence-corrected chi connectivity index (χ1v) is 7.33. The van der Waals surface area contributed by atoms with Gasteiger partial charge in [0.1, 0.15) is 0 Å². The highest BCUT2D eigenvalue weighted by molar-refractivity contribution is 6.30. The summed E-state index contributed by atoms with van der Waals surface area (Å²) in [5, 5.41) is 9.86. The summed E-state index contributed by atoms with van der Waals surface area (Å²) in [5.41, 5.74) is -0.738. The molecular weight excluding hydrogens is 290 g/mol. The van der Waals surface area contributed by atoms with Crippen molar-refractivity contribution in [1.82, 2.24) is 4.90 Å². The van der Waals surface area contributed by atoms with Gasteiger partial charge in [-0.1, -0.05) is 23.7 Å². The number of hydrogen-bond donors (Lipinski definition) is 1. The van der Waals surface area contributed by atoms with Gasteiger partial charge in [-0.05, 0) is 44.9 Å². The first-order valence-electron chi connectivity index (χ1n) is 6.96. The number of aliphatic carboxylic acids is 1. The van der Waals surface area contributed by atoms with Crippen LogP contribution in [0.3, 0.4) is 0 Å². The summed E-state index contributed by atoms with van der Waals surface area (Å²) in [5.74, 6) is -0.909. The number of carboxylic acid groups (broad SMARTS) is 1. The highest BCUT2D eigenvalue weighted by Crippen LogP contribution is 2.34. The molecule has 5 heteroatoms. The Labute approximate surface area is 129 Å². The second kappa shape index (κ2) is 5.34. The van der Waals surface area contributed by atoms with E-state index in [9.17, 15) is 14.7 Å². The van der Waals surface area contributed by atoms with Gasteiger partial charge in [-0.3, -0.25) is 9.59 Å². The van der Waals surface area contributed by atoms with E-state index in [4.69, 9.17) is 11.6 Å². The van der Waals surface area contributed by atoms with E-state index in [-0.39, 0.29) is 12.5 Å². The lowest BCUT2D eigenvalue weighted by atomic mass is 9.83. The third kappa shape index (κ3) is 2.91. The molecule has 0 spiro atoms. The van der Waals surface area contributed by atoms with Crippen LogP contribution in [0.15, 0.2) is 24.3 Å². The van der Waals surface area contributed by atoms with Gasteiger partial charge in [0.05, 0.1) is 10.8 Å². The van der Waals surface area contributed by atoms with Gasteiger partial charge in [-0.2, -0.15) is 0 Å². The summed E-state index contributed by atoms with van der Waals surface area (Å²) >= 11 is 6.00. The van der Waals surface area contributed by atoms with E-state index in [1.165, 1.54) is 0 Å². The van der Waals surface area contributed by atoms with Crippen molar-refractivity contribution in [1.29, 1.82) is 0 Å². The Morgan fingerprint density at radius 3 is 2.57 bits per heavy atom. The van der Waals surface area contributed by atoms with Crippen molar-refractivity contribution >= 4 is 23.5 Å². The Kier molecular flexibility index (Phi) is 4.02. The minimum absolute atomic E-state index is 0.0604. The lowest BCUT2D eigenvalue weighted by Crippen LogP contribution is -2.44. The van der Waals surface area contributed by atoms with Crippen LogP contribution in [0.25, 0.3) is 0 Å². The number of rotatable bonds is 3. The SMILES string of the molecule is CC1(C(=O)O)CCN(C(=O)C(C)(C)c2cccc(Cl)c2)C1. The van der Waals surface area contributed by atoms with Crippen LogP contribution in [0, 0.1) is 5.41 Å². The molecule has 1 aliphatic rings. The minimum atomic E-state index is -0.849. The fourth-order valence-corrected chi connectivity index (χ4v) is 2.90. The van der Waals surface area contributed by atoms with Gasteiger partial charge in [0.15, 0.2) is 0 Å². The Balaban J connectivity index is 2.22. The van der Waals surface area contributed by atoms with Crippen LogP contribution in [-0.4, -0.2) is 35.0 Å². The summed E-state index contributed by atoms with van der Waals surface area (Å²) in [6.07, 6.45) is 0.486. The number of benzene rings is 1. The lowest BCUT2D eigenvalue weighted by Gasteiger charge is -2.30. The molecule has 1 amide bonds. The number of hydrogen-bond acceptors (Lipinski definition) is 2. The monoisotopic (exact) mass is 309 g/mol. The Hall–Kier alpha value is -1.55. The maximum Gasteiger partial charge on any atom is 0.311 e. The van der Waals surface area contributed by atoms with Crippen molar-refractivity contribution in [3.8, 4) is 0 Å². The van der Waals surface area contributed by atoms with Crippen molar-refractivity contribution in [3.63, 3.8) is 0 Å². The molecule has 1 atom stereocenters. The molecule has 1 heterocycles. The largest absolute Gasteiger partial charge is 0.481 e. The molecule has 1 saturated heterocycles. The Bertz CT molecular complexity index is 585. The predicted octanol–water partition coefficient (Wildman–Crippen LogP) is 2.94. The average molecular weight is 310 g/mol. The van der Waals surface area contributed by atoms with Crippen molar-refractivity contribution < 1.29 is 14.7 Å². The minimum Gasteiger partial charge on any atom is -0.481 e. The van der Waals surface area contributed by atoms with Crippen LogP contribution in [0.4, 0.5) is 0 Å². The maximum atomic E-state index is 12.8. The lowest BCUT2D eigenvalue weighted by molar-refractivity contribution is -0.147. The molecular formula is C16H20ClNO3. The van der Waals surface area contributed by atoms with Crippen molar-refractivity contribution in [3.05, 3.63) is 34.9 Å². The van der Waals surface area contributed by atoms with Gasteiger partial charge < -0.3 is 10.0 Å². The Morgan fingerprint density at radius 1 is 1.38 bits per heavy atom. The number of nitrogens with zero attached hydrogens (tertiary/aromatic N) is 1. The molecule has 0 aromatic heterocycles. The second-order valence-corrected chi connectivity index (χ2v) is 6.91. The van der Waals surface area contributed by atoms with Gasteiger partial charge in [-0.25, -0.2) is 0 Å². The highest BCUT2D eigenvalue weighted by atomic mass is 35.5. The molecule has 1 N–H and O–H groups in total. The number of carboxylic acids is 1. The van der Waals surface area contributed by atoms with Crippen LogP contribution in [0.2, 0.25) is 5.02 Å². The van der Waals surface area contributed by atoms with Gasteiger partial charge in [-0.15, -0.1) is 0 Å². The average Bonchev–Trinajstić information content (AvgIpc) is 2.82.